The molecule has 0 amide bonds. The van der Waals surface area contributed by atoms with Crippen molar-refractivity contribution in [2.24, 2.45) is 17.8 Å². The van der Waals surface area contributed by atoms with Crippen LogP contribution < -0.4 is 0 Å². The number of halogens is 2. The first-order valence-electron chi connectivity index (χ1n) is 12.6. The monoisotopic (exact) mass is 436 g/mol. The first-order valence-corrected chi connectivity index (χ1v) is 15.4. The molecule has 3 heteroatoms. The third-order valence-corrected chi connectivity index (χ3v) is 11.8. The maximum absolute atomic E-state index is 13.5. The summed E-state index contributed by atoms with van der Waals surface area (Å²) in [5, 5.41) is 0.234. The lowest BCUT2D eigenvalue weighted by molar-refractivity contribution is 0.184. The minimum absolute atomic E-state index is 0.234. The molecule has 1 aromatic rings. The molecule has 2 aliphatic rings. The molecule has 1 aromatic carbocycles. The van der Waals surface area contributed by atoms with Gasteiger partial charge in [-0.1, -0.05) is 101 Å². The van der Waals surface area contributed by atoms with E-state index in [-0.39, 0.29) is 19.6 Å². The highest BCUT2D eigenvalue weighted by Crippen LogP contribution is 2.42. The lowest BCUT2D eigenvalue weighted by Crippen LogP contribution is -2.28. The molecule has 3 rings (SSSR count). The Labute approximate surface area is 185 Å². The average Bonchev–Trinajstić information content (AvgIpc) is 2.75. The second-order valence-electron chi connectivity index (χ2n) is 10.1. The van der Waals surface area contributed by atoms with E-state index in [4.69, 9.17) is 11.6 Å². The van der Waals surface area contributed by atoms with Crippen LogP contribution >= 0.6 is 11.6 Å². The van der Waals surface area contributed by atoms with Crippen LogP contribution in [0.1, 0.15) is 89.5 Å². The van der Waals surface area contributed by atoms with Gasteiger partial charge in [-0.3, -0.25) is 0 Å². The molecule has 1 saturated heterocycles. The summed E-state index contributed by atoms with van der Waals surface area (Å²) in [5.41, 5.74) is 1.09. The molecular weight excluding hydrogens is 395 g/mol. The minimum atomic E-state index is -0.345. The zero-order chi connectivity index (χ0) is 20.5. The van der Waals surface area contributed by atoms with Crippen LogP contribution in [0.2, 0.25) is 23.2 Å². The van der Waals surface area contributed by atoms with Gasteiger partial charge in [0.15, 0.2) is 0 Å². The van der Waals surface area contributed by atoms with Gasteiger partial charge in [-0.2, -0.15) is 0 Å². The maximum Gasteiger partial charge on any atom is 0.142 e. The molecule has 0 bridgehead atoms. The molecular formula is C26H42ClFSi. The van der Waals surface area contributed by atoms with Crippen LogP contribution in [0.4, 0.5) is 4.39 Å². The van der Waals surface area contributed by atoms with E-state index < -0.39 is 0 Å². The highest BCUT2D eigenvalue weighted by molar-refractivity contribution is 6.58. The fourth-order valence-electron chi connectivity index (χ4n) is 6.04. The normalized spacial score (nSPS) is 27.8. The van der Waals surface area contributed by atoms with Gasteiger partial charge in [-0.15, -0.1) is 0 Å². The van der Waals surface area contributed by atoms with Crippen LogP contribution in [0, 0.1) is 23.6 Å². The Kier molecular flexibility index (Phi) is 10.1. The Bertz CT molecular complexity index is 588. The van der Waals surface area contributed by atoms with E-state index in [0.717, 1.165) is 29.7 Å². The van der Waals surface area contributed by atoms with Crippen molar-refractivity contribution in [1.29, 1.82) is 0 Å². The van der Waals surface area contributed by atoms with E-state index >= 15 is 0 Å². The molecule has 29 heavy (non-hydrogen) atoms. The van der Waals surface area contributed by atoms with Gasteiger partial charge in [-0.25, -0.2) is 4.39 Å². The first-order chi connectivity index (χ1) is 14.2. The molecule has 1 saturated carbocycles. The zero-order valence-corrected chi connectivity index (χ0v) is 20.5. The Morgan fingerprint density at radius 3 is 2.34 bits per heavy atom. The summed E-state index contributed by atoms with van der Waals surface area (Å²) in [6.07, 6.45) is 18.3. The third kappa shape index (κ3) is 7.69. The molecule has 0 atom stereocenters. The van der Waals surface area contributed by atoms with E-state index in [0.29, 0.717) is 0 Å². The SMILES string of the molecule is CCCCC[SiH]1CCC(C2CCC(CCCCc3ccc(Cl)c(F)c3)CC2)CC1. The number of aryl methyl sites for hydroxylation is 1. The van der Waals surface area contributed by atoms with Gasteiger partial charge in [0.2, 0.25) is 0 Å². The summed E-state index contributed by atoms with van der Waals surface area (Å²) in [6, 6.07) is 10.2. The van der Waals surface area contributed by atoms with Crippen LogP contribution in [-0.2, 0) is 6.42 Å². The molecule has 0 spiro atoms. The largest absolute Gasteiger partial charge is 0.205 e. The van der Waals surface area contributed by atoms with E-state index in [1.807, 2.05) is 6.07 Å². The second-order valence-corrected chi connectivity index (χ2v) is 13.9. The Morgan fingerprint density at radius 1 is 0.931 bits per heavy atom. The summed E-state index contributed by atoms with van der Waals surface area (Å²) in [4.78, 5) is 0. The number of unbranched alkanes of at least 4 members (excludes halogenated alkanes) is 3. The average molecular weight is 437 g/mol. The summed E-state index contributed by atoms with van der Waals surface area (Å²) in [7, 11) is -0.345. The lowest BCUT2D eigenvalue weighted by atomic mass is 9.73. The summed E-state index contributed by atoms with van der Waals surface area (Å²) >= 11 is 5.77. The Balaban J connectivity index is 1.26. The van der Waals surface area contributed by atoms with Crippen molar-refractivity contribution in [1.82, 2.24) is 0 Å². The standard InChI is InChI=1S/C26H42ClFSi/c1-2-3-6-17-29-18-15-24(16-19-29)23-12-9-21(10-13-23)7-4-5-8-22-11-14-25(27)26(28)20-22/h11,14,20-21,23-24,29H,2-10,12-13,15-19H2,1H3. The molecule has 0 aromatic heterocycles. The molecule has 0 radical (unpaired) electrons. The Morgan fingerprint density at radius 2 is 1.66 bits per heavy atom. The number of hydrogen-bond acceptors (Lipinski definition) is 0. The predicted octanol–water partition coefficient (Wildman–Crippen LogP) is 8.83. The summed E-state index contributed by atoms with van der Waals surface area (Å²) in [6.45, 7) is 2.33. The van der Waals surface area contributed by atoms with Gasteiger partial charge in [-0.05, 0) is 61.1 Å². The van der Waals surface area contributed by atoms with Gasteiger partial charge >= 0.3 is 0 Å². The van der Waals surface area contributed by atoms with Crippen molar-refractivity contribution in [2.45, 2.75) is 109 Å². The van der Waals surface area contributed by atoms with Gasteiger partial charge in [0.05, 0.1) is 5.02 Å². The van der Waals surface area contributed by atoms with Gasteiger partial charge in [0.25, 0.3) is 0 Å². The van der Waals surface area contributed by atoms with Gasteiger partial charge in [0, 0.05) is 8.80 Å². The smallest absolute Gasteiger partial charge is 0.142 e. The maximum atomic E-state index is 13.5. The topological polar surface area (TPSA) is 0 Å². The van der Waals surface area contributed by atoms with Crippen LogP contribution in [0.15, 0.2) is 18.2 Å². The van der Waals surface area contributed by atoms with Crippen molar-refractivity contribution < 1.29 is 4.39 Å². The summed E-state index contributed by atoms with van der Waals surface area (Å²) < 4.78 is 13.5. The molecule has 0 N–H and O–H groups in total. The zero-order valence-electron chi connectivity index (χ0n) is 18.6. The fraction of sp³-hybridized carbons (Fsp3) is 0.769. The predicted molar refractivity (Wildman–Crippen MR) is 128 cm³/mol. The van der Waals surface area contributed by atoms with Crippen molar-refractivity contribution in [2.75, 3.05) is 0 Å². The summed E-state index contributed by atoms with van der Waals surface area (Å²) in [5.74, 6) is 2.80. The van der Waals surface area contributed by atoms with E-state index in [2.05, 4.69) is 6.92 Å². The Hall–Kier alpha value is -0.343. The number of hydrogen-bond donors (Lipinski definition) is 0. The van der Waals surface area contributed by atoms with Gasteiger partial charge in [0.1, 0.15) is 5.82 Å². The quantitative estimate of drug-likeness (QED) is 0.253. The molecule has 1 heterocycles. The highest BCUT2D eigenvalue weighted by Gasteiger charge is 2.30. The highest BCUT2D eigenvalue weighted by atomic mass is 35.5. The second kappa shape index (κ2) is 12.5. The van der Waals surface area contributed by atoms with Gasteiger partial charge < -0.3 is 0 Å². The van der Waals surface area contributed by atoms with E-state index in [9.17, 15) is 4.39 Å². The van der Waals surface area contributed by atoms with Crippen molar-refractivity contribution in [3.63, 3.8) is 0 Å². The van der Waals surface area contributed by atoms with Crippen molar-refractivity contribution >= 4 is 20.4 Å². The van der Waals surface area contributed by atoms with Crippen LogP contribution in [0.25, 0.3) is 0 Å². The van der Waals surface area contributed by atoms with Crippen LogP contribution in [0.3, 0.4) is 0 Å². The molecule has 0 unspecified atom stereocenters. The lowest BCUT2D eigenvalue weighted by Gasteiger charge is -2.37. The number of benzene rings is 1. The molecule has 0 nitrogen and oxygen atoms in total. The van der Waals surface area contributed by atoms with Crippen molar-refractivity contribution in [3.8, 4) is 0 Å². The fourth-order valence-corrected chi connectivity index (χ4v) is 9.69. The third-order valence-electron chi connectivity index (χ3n) is 7.98. The van der Waals surface area contributed by atoms with Crippen LogP contribution in [-0.4, -0.2) is 8.80 Å². The first kappa shape index (κ1) is 23.3. The number of rotatable bonds is 10. The van der Waals surface area contributed by atoms with Crippen LogP contribution in [0.5, 0.6) is 0 Å². The molecule has 1 aliphatic heterocycles. The van der Waals surface area contributed by atoms with E-state index in [1.165, 1.54) is 64.2 Å². The van der Waals surface area contributed by atoms with E-state index in [1.54, 1.807) is 43.1 Å². The molecule has 164 valence electrons. The van der Waals surface area contributed by atoms with Crippen molar-refractivity contribution in [3.05, 3.63) is 34.6 Å². The molecule has 1 aliphatic carbocycles. The minimum Gasteiger partial charge on any atom is -0.205 e. The molecule has 2 fully saturated rings.